The molecular formula is C18H25N3O3. The van der Waals surface area contributed by atoms with Crippen LogP contribution < -0.4 is 4.74 Å². The molecule has 0 spiro atoms. The van der Waals surface area contributed by atoms with E-state index in [0.717, 1.165) is 39.0 Å². The molecular weight excluding hydrogens is 306 g/mol. The molecule has 0 bridgehead atoms. The van der Waals surface area contributed by atoms with Crippen LogP contribution in [0.4, 0.5) is 0 Å². The molecule has 24 heavy (non-hydrogen) atoms. The fourth-order valence-corrected chi connectivity index (χ4v) is 3.17. The predicted octanol–water partition coefficient (Wildman–Crippen LogP) is 0.832. The lowest BCUT2D eigenvalue weighted by Gasteiger charge is -2.34. The van der Waals surface area contributed by atoms with Gasteiger partial charge in [0.15, 0.2) is 6.61 Å². The first-order chi connectivity index (χ1) is 11.7. The molecule has 0 saturated carbocycles. The molecule has 2 saturated heterocycles. The van der Waals surface area contributed by atoms with E-state index in [1.807, 2.05) is 40.1 Å². The fourth-order valence-electron chi connectivity index (χ4n) is 3.17. The number of benzene rings is 1. The van der Waals surface area contributed by atoms with Crippen LogP contribution >= 0.6 is 0 Å². The third kappa shape index (κ3) is 4.47. The molecule has 2 heterocycles. The summed E-state index contributed by atoms with van der Waals surface area (Å²) < 4.78 is 5.51. The van der Waals surface area contributed by atoms with E-state index in [1.54, 1.807) is 0 Å². The standard InChI is InChI=1S/C18H25N3O3/c22-17(20-8-4-5-9-20)14-19-10-12-21(13-11-19)18(23)15-24-16-6-2-1-3-7-16/h1-3,6-7H,4-5,8-15H2. The van der Waals surface area contributed by atoms with Gasteiger partial charge in [0.05, 0.1) is 6.54 Å². The number of likely N-dealkylation sites (tertiary alicyclic amines) is 1. The van der Waals surface area contributed by atoms with Gasteiger partial charge in [-0.15, -0.1) is 0 Å². The summed E-state index contributed by atoms with van der Waals surface area (Å²) in [6.45, 7) is 5.14. The highest BCUT2D eigenvalue weighted by Crippen LogP contribution is 2.11. The number of amides is 2. The SMILES string of the molecule is O=C(COc1ccccc1)N1CCN(CC(=O)N2CCCC2)CC1. The van der Waals surface area contributed by atoms with Crippen LogP contribution in [0.2, 0.25) is 0 Å². The van der Waals surface area contributed by atoms with Crippen molar-refractivity contribution in [2.45, 2.75) is 12.8 Å². The van der Waals surface area contributed by atoms with E-state index in [0.29, 0.717) is 25.4 Å². The van der Waals surface area contributed by atoms with Crippen LogP contribution in [0.3, 0.4) is 0 Å². The lowest BCUT2D eigenvalue weighted by Crippen LogP contribution is -2.52. The van der Waals surface area contributed by atoms with E-state index in [2.05, 4.69) is 4.90 Å². The van der Waals surface area contributed by atoms with Gasteiger partial charge in [-0.05, 0) is 25.0 Å². The first-order valence-corrected chi connectivity index (χ1v) is 8.68. The van der Waals surface area contributed by atoms with E-state index >= 15 is 0 Å². The number of ether oxygens (including phenoxy) is 1. The summed E-state index contributed by atoms with van der Waals surface area (Å²) in [6, 6.07) is 9.37. The lowest BCUT2D eigenvalue weighted by atomic mass is 10.3. The maximum absolute atomic E-state index is 12.2. The zero-order chi connectivity index (χ0) is 16.8. The van der Waals surface area contributed by atoms with Gasteiger partial charge in [-0.3, -0.25) is 14.5 Å². The summed E-state index contributed by atoms with van der Waals surface area (Å²) >= 11 is 0. The minimum atomic E-state index is 0.00405. The van der Waals surface area contributed by atoms with Crippen molar-refractivity contribution in [2.75, 3.05) is 52.4 Å². The Bertz CT molecular complexity index is 550. The van der Waals surface area contributed by atoms with Crippen molar-refractivity contribution in [3.63, 3.8) is 0 Å². The predicted molar refractivity (Wildman–Crippen MR) is 90.8 cm³/mol. The van der Waals surface area contributed by atoms with E-state index < -0.39 is 0 Å². The van der Waals surface area contributed by atoms with Crippen LogP contribution in [0.5, 0.6) is 5.75 Å². The van der Waals surface area contributed by atoms with Crippen LogP contribution in [0.15, 0.2) is 30.3 Å². The average molecular weight is 331 g/mol. The zero-order valence-corrected chi connectivity index (χ0v) is 14.0. The maximum Gasteiger partial charge on any atom is 0.260 e. The number of rotatable bonds is 5. The highest BCUT2D eigenvalue weighted by atomic mass is 16.5. The van der Waals surface area contributed by atoms with Gasteiger partial charge in [0.2, 0.25) is 5.91 Å². The van der Waals surface area contributed by atoms with Gasteiger partial charge in [0, 0.05) is 39.3 Å². The molecule has 1 aromatic carbocycles. The molecule has 0 radical (unpaired) electrons. The Labute approximate surface area is 143 Å². The van der Waals surface area contributed by atoms with Crippen LogP contribution in [0.25, 0.3) is 0 Å². The Morgan fingerprint density at radius 3 is 2.12 bits per heavy atom. The largest absolute Gasteiger partial charge is 0.484 e. The van der Waals surface area contributed by atoms with E-state index in [1.165, 1.54) is 0 Å². The Hall–Kier alpha value is -2.08. The molecule has 0 unspecified atom stereocenters. The molecule has 0 atom stereocenters. The molecule has 6 heteroatoms. The van der Waals surface area contributed by atoms with Crippen molar-refractivity contribution in [3.05, 3.63) is 30.3 Å². The van der Waals surface area contributed by atoms with E-state index in [4.69, 9.17) is 4.74 Å². The summed E-state index contributed by atoms with van der Waals surface area (Å²) in [5.74, 6) is 0.935. The molecule has 0 aliphatic carbocycles. The Kier molecular flexibility index (Phi) is 5.69. The first-order valence-electron chi connectivity index (χ1n) is 8.68. The first kappa shape index (κ1) is 16.8. The third-order valence-electron chi connectivity index (χ3n) is 4.65. The number of hydrogen-bond donors (Lipinski definition) is 0. The Balaban J connectivity index is 1.38. The summed E-state index contributed by atoms with van der Waals surface area (Å²) in [5.41, 5.74) is 0. The zero-order valence-electron chi connectivity index (χ0n) is 14.0. The van der Waals surface area contributed by atoms with E-state index in [-0.39, 0.29) is 18.4 Å². The molecule has 2 fully saturated rings. The summed E-state index contributed by atoms with van der Waals surface area (Å²) in [5, 5.41) is 0. The van der Waals surface area contributed by atoms with Crippen molar-refractivity contribution >= 4 is 11.8 Å². The smallest absolute Gasteiger partial charge is 0.260 e. The highest BCUT2D eigenvalue weighted by molar-refractivity contribution is 5.79. The molecule has 2 amide bonds. The van der Waals surface area contributed by atoms with Crippen molar-refractivity contribution in [2.24, 2.45) is 0 Å². The third-order valence-corrected chi connectivity index (χ3v) is 4.65. The van der Waals surface area contributed by atoms with Crippen LogP contribution in [-0.4, -0.2) is 78.9 Å². The maximum atomic E-state index is 12.2. The fraction of sp³-hybridized carbons (Fsp3) is 0.556. The van der Waals surface area contributed by atoms with Gasteiger partial charge in [-0.2, -0.15) is 0 Å². The molecule has 0 N–H and O–H groups in total. The van der Waals surface area contributed by atoms with Gasteiger partial charge in [-0.25, -0.2) is 0 Å². The summed E-state index contributed by atoms with van der Waals surface area (Å²) in [7, 11) is 0. The van der Waals surface area contributed by atoms with Gasteiger partial charge in [0.1, 0.15) is 5.75 Å². The highest BCUT2D eigenvalue weighted by Gasteiger charge is 2.25. The van der Waals surface area contributed by atoms with Crippen molar-refractivity contribution < 1.29 is 14.3 Å². The second-order valence-electron chi connectivity index (χ2n) is 6.35. The minimum absolute atomic E-state index is 0.00405. The van der Waals surface area contributed by atoms with Gasteiger partial charge < -0.3 is 14.5 Å². The molecule has 0 aromatic heterocycles. The van der Waals surface area contributed by atoms with Gasteiger partial charge in [0.25, 0.3) is 5.91 Å². The molecule has 130 valence electrons. The molecule has 3 rings (SSSR count). The van der Waals surface area contributed by atoms with Crippen molar-refractivity contribution in [1.29, 1.82) is 0 Å². The Morgan fingerprint density at radius 1 is 0.833 bits per heavy atom. The monoisotopic (exact) mass is 331 g/mol. The summed E-state index contributed by atoms with van der Waals surface area (Å²) in [4.78, 5) is 30.3. The minimum Gasteiger partial charge on any atom is -0.484 e. The Morgan fingerprint density at radius 2 is 1.46 bits per heavy atom. The number of nitrogens with zero attached hydrogens (tertiary/aromatic N) is 3. The topological polar surface area (TPSA) is 53.1 Å². The van der Waals surface area contributed by atoms with Crippen molar-refractivity contribution in [1.82, 2.24) is 14.7 Å². The van der Waals surface area contributed by atoms with E-state index in [9.17, 15) is 9.59 Å². The lowest BCUT2D eigenvalue weighted by molar-refractivity contribution is -0.136. The van der Waals surface area contributed by atoms with Crippen LogP contribution in [0.1, 0.15) is 12.8 Å². The normalized spacial score (nSPS) is 18.7. The number of carbonyl (C=O) groups is 2. The second-order valence-corrected chi connectivity index (χ2v) is 6.35. The van der Waals surface area contributed by atoms with Gasteiger partial charge >= 0.3 is 0 Å². The number of piperazine rings is 1. The number of hydrogen-bond acceptors (Lipinski definition) is 4. The molecule has 2 aliphatic rings. The van der Waals surface area contributed by atoms with Crippen LogP contribution in [-0.2, 0) is 9.59 Å². The second kappa shape index (κ2) is 8.15. The molecule has 1 aromatic rings. The molecule has 2 aliphatic heterocycles. The number of para-hydroxylation sites is 1. The van der Waals surface area contributed by atoms with Crippen molar-refractivity contribution in [3.8, 4) is 5.75 Å². The van der Waals surface area contributed by atoms with Crippen LogP contribution in [0, 0.1) is 0 Å². The number of carbonyl (C=O) groups excluding carboxylic acids is 2. The molecule has 6 nitrogen and oxygen atoms in total. The average Bonchev–Trinajstić information content (AvgIpc) is 3.16. The summed E-state index contributed by atoms with van der Waals surface area (Å²) in [6.07, 6.45) is 2.24. The quantitative estimate of drug-likeness (QED) is 0.802. The van der Waals surface area contributed by atoms with Gasteiger partial charge in [-0.1, -0.05) is 18.2 Å².